The van der Waals surface area contributed by atoms with Gasteiger partial charge < -0.3 is 14.8 Å². The van der Waals surface area contributed by atoms with Crippen molar-refractivity contribution in [2.24, 2.45) is 0 Å². The minimum atomic E-state index is -0.534. The molecule has 27 heavy (non-hydrogen) atoms. The molecule has 140 valence electrons. The van der Waals surface area contributed by atoms with Crippen LogP contribution in [-0.2, 0) is 14.9 Å². The number of carbonyl (C=O) groups is 1. The van der Waals surface area contributed by atoms with Gasteiger partial charge in [0.25, 0.3) is 0 Å². The lowest BCUT2D eigenvalue weighted by molar-refractivity contribution is -0.130. The van der Waals surface area contributed by atoms with Gasteiger partial charge >= 0.3 is 0 Å². The van der Waals surface area contributed by atoms with Crippen molar-refractivity contribution >= 4 is 21.8 Å². The van der Waals surface area contributed by atoms with Crippen LogP contribution < -0.4 is 10.1 Å². The smallest absolute Gasteiger partial charge is 0.231 e. The molecule has 1 fully saturated rings. The van der Waals surface area contributed by atoms with Crippen molar-refractivity contribution in [2.75, 3.05) is 26.4 Å². The number of ether oxygens (including phenoxy) is 2. The molecule has 0 spiro atoms. The topological polar surface area (TPSA) is 47.6 Å². The van der Waals surface area contributed by atoms with E-state index in [4.69, 9.17) is 9.47 Å². The molecule has 3 rings (SSSR count). The number of hydrogen-bond acceptors (Lipinski definition) is 3. The van der Waals surface area contributed by atoms with Gasteiger partial charge in [0.2, 0.25) is 5.91 Å². The first-order valence-corrected chi connectivity index (χ1v) is 9.76. The first-order chi connectivity index (χ1) is 13.2. The van der Waals surface area contributed by atoms with Crippen LogP contribution in [0.25, 0.3) is 0 Å². The summed E-state index contributed by atoms with van der Waals surface area (Å²) in [6, 6.07) is 17.5. The van der Waals surface area contributed by atoms with Crippen molar-refractivity contribution in [2.45, 2.75) is 18.3 Å². The number of carbonyl (C=O) groups excluding carboxylic acids is 1. The SMILES string of the molecule is O=C(NCC#CCOc1cccc(Br)c1)C1(c2ccccc2)CCOCC1. The molecule has 1 aliphatic rings. The molecule has 0 radical (unpaired) electrons. The minimum absolute atomic E-state index is 0.0132. The zero-order valence-electron chi connectivity index (χ0n) is 15.0. The van der Waals surface area contributed by atoms with Crippen molar-refractivity contribution in [3.8, 4) is 17.6 Å². The molecule has 0 saturated carbocycles. The number of benzene rings is 2. The average molecular weight is 428 g/mol. The Morgan fingerprint density at radius 2 is 1.89 bits per heavy atom. The van der Waals surface area contributed by atoms with Crippen LogP contribution in [-0.4, -0.2) is 32.3 Å². The third-order valence-corrected chi connectivity index (χ3v) is 5.17. The first kappa shape index (κ1) is 19.5. The zero-order chi connectivity index (χ0) is 19.0. The van der Waals surface area contributed by atoms with Crippen LogP contribution in [0.3, 0.4) is 0 Å². The number of hydrogen-bond donors (Lipinski definition) is 1. The molecule has 0 bridgehead atoms. The summed E-state index contributed by atoms with van der Waals surface area (Å²) in [5.41, 5.74) is 0.505. The van der Waals surface area contributed by atoms with E-state index in [1.807, 2.05) is 54.6 Å². The molecule has 2 aromatic carbocycles. The minimum Gasteiger partial charge on any atom is -0.481 e. The molecule has 0 aliphatic carbocycles. The molecule has 1 heterocycles. The van der Waals surface area contributed by atoms with Crippen molar-refractivity contribution in [1.82, 2.24) is 5.32 Å². The van der Waals surface area contributed by atoms with E-state index in [-0.39, 0.29) is 12.5 Å². The lowest BCUT2D eigenvalue weighted by Crippen LogP contribution is -2.48. The summed E-state index contributed by atoms with van der Waals surface area (Å²) in [6.07, 6.45) is 1.37. The predicted molar refractivity (Wildman–Crippen MR) is 109 cm³/mol. The lowest BCUT2D eigenvalue weighted by atomic mass is 9.73. The fourth-order valence-corrected chi connectivity index (χ4v) is 3.59. The van der Waals surface area contributed by atoms with Gasteiger partial charge in [0.05, 0.1) is 12.0 Å². The van der Waals surface area contributed by atoms with Crippen LogP contribution in [0.4, 0.5) is 0 Å². The maximum Gasteiger partial charge on any atom is 0.231 e. The van der Waals surface area contributed by atoms with Gasteiger partial charge in [-0.05, 0) is 36.6 Å². The highest BCUT2D eigenvalue weighted by Gasteiger charge is 2.41. The second-order valence-corrected chi connectivity index (χ2v) is 7.26. The third-order valence-electron chi connectivity index (χ3n) is 4.68. The molecule has 0 aromatic heterocycles. The van der Waals surface area contributed by atoms with E-state index in [1.54, 1.807) is 0 Å². The van der Waals surface area contributed by atoms with Gasteiger partial charge in [-0.15, -0.1) is 0 Å². The lowest BCUT2D eigenvalue weighted by Gasteiger charge is -2.36. The van der Waals surface area contributed by atoms with Crippen molar-refractivity contribution in [3.63, 3.8) is 0 Å². The van der Waals surface area contributed by atoms with Crippen LogP contribution in [0.2, 0.25) is 0 Å². The number of nitrogens with one attached hydrogen (secondary N) is 1. The Kier molecular flexibility index (Phi) is 6.92. The first-order valence-electron chi connectivity index (χ1n) is 8.96. The molecule has 1 saturated heterocycles. The summed E-state index contributed by atoms with van der Waals surface area (Å²) in [5, 5.41) is 2.97. The number of rotatable bonds is 5. The van der Waals surface area contributed by atoms with Crippen LogP contribution in [0.15, 0.2) is 59.1 Å². The van der Waals surface area contributed by atoms with Crippen molar-refractivity contribution in [3.05, 3.63) is 64.6 Å². The molecule has 5 heteroatoms. The normalized spacial score (nSPS) is 15.3. The molecule has 2 aromatic rings. The third kappa shape index (κ3) is 5.12. The Labute approximate surface area is 168 Å². The van der Waals surface area contributed by atoms with Crippen LogP contribution >= 0.6 is 15.9 Å². The molecule has 1 N–H and O–H groups in total. The van der Waals surface area contributed by atoms with Gasteiger partial charge in [-0.25, -0.2) is 0 Å². The molecular formula is C22H22BrNO3. The fourth-order valence-electron chi connectivity index (χ4n) is 3.21. The van der Waals surface area contributed by atoms with Crippen molar-refractivity contribution in [1.29, 1.82) is 0 Å². The Bertz CT molecular complexity index is 820. The number of halogens is 1. The molecule has 1 amide bonds. The van der Waals surface area contributed by atoms with Gasteiger partial charge in [-0.1, -0.05) is 64.2 Å². The van der Waals surface area contributed by atoms with Gasteiger partial charge in [-0.2, -0.15) is 0 Å². The highest BCUT2D eigenvalue weighted by atomic mass is 79.9. The van der Waals surface area contributed by atoms with Gasteiger partial charge in [-0.3, -0.25) is 4.79 Å². The summed E-state index contributed by atoms with van der Waals surface area (Å²) in [6.45, 7) is 1.77. The molecule has 0 atom stereocenters. The Hall–Kier alpha value is -2.29. The quantitative estimate of drug-likeness (QED) is 0.739. The average Bonchev–Trinajstić information content (AvgIpc) is 2.71. The van der Waals surface area contributed by atoms with E-state index in [1.165, 1.54) is 0 Å². The molecular weight excluding hydrogens is 406 g/mol. The van der Waals surface area contributed by atoms with E-state index in [2.05, 4.69) is 33.1 Å². The second kappa shape index (κ2) is 9.59. The van der Waals surface area contributed by atoms with Gasteiger partial charge in [0.15, 0.2) is 0 Å². The van der Waals surface area contributed by atoms with Crippen LogP contribution in [0.5, 0.6) is 5.75 Å². The molecule has 0 unspecified atom stereocenters. The predicted octanol–water partition coefficient (Wildman–Crippen LogP) is 3.70. The van der Waals surface area contributed by atoms with Crippen LogP contribution in [0, 0.1) is 11.8 Å². The summed E-state index contributed by atoms with van der Waals surface area (Å²) in [4.78, 5) is 12.9. The highest BCUT2D eigenvalue weighted by Crippen LogP contribution is 2.35. The summed E-state index contributed by atoms with van der Waals surface area (Å²) < 4.78 is 12.0. The van der Waals surface area contributed by atoms with Gasteiger partial charge in [0.1, 0.15) is 12.4 Å². The second-order valence-electron chi connectivity index (χ2n) is 6.34. The Balaban J connectivity index is 1.54. The maximum absolute atomic E-state index is 12.9. The summed E-state index contributed by atoms with van der Waals surface area (Å²) >= 11 is 3.40. The van der Waals surface area contributed by atoms with E-state index in [0.717, 1.165) is 15.8 Å². The highest BCUT2D eigenvalue weighted by molar-refractivity contribution is 9.10. The van der Waals surface area contributed by atoms with E-state index in [9.17, 15) is 4.79 Å². The van der Waals surface area contributed by atoms with E-state index < -0.39 is 5.41 Å². The van der Waals surface area contributed by atoms with Gasteiger partial charge in [0, 0.05) is 17.7 Å². The Morgan fingerprint density at radius 3 is 2.63 bits per heavy atom. The zero-order valence-corrected chi connectivity index (χ0v) is 16.6. The monoisotopic (exact) mass is 427 g/mol. The molecule has 1 aliphatic heterocycles. The summed E-state index contributed by atoms with van der Waals surface area (Å²) in [5.74, 6) is 6.67. The number of amides is 1. The van der Waals surface area contributed by atoms with E-state index in [0.29, 0.717) is 32.6 Å². The summed E-state index contributed by atoms with van der Waals surface area (Å²) in [7, 11) is 0. The molecule has 4 nitrogen and oxygen atoms in total. The standard InChI is InChI=1S/C22H22BrNO3/c23-19-9-6-10-20(17-19)27-14-5-4-13-24-21(25)22(11-15-26-16-12-22)18-7-2-1-3-8-18/h1-3,6-10,17H,11-16H2,(H,24,25). The van der Waals surface area contributed by atoms with Crippen LogP contribution in [0.1, 0.15) is 18.4 Å². The maximum atomic E-state index is 12.9. The van der Waals surface area contributed by atoms with Crippen molar-refractivity contribution < 1.29 is 14.3 Å². The fraction of sp³-hybridized carbons (Fsp3) is 0.318. The largest absolute Gasteiger partial charge is 0.481 e. The van der Waals surface area contributed by atoms with E-state index >= 15 is 0 Å². The Morgan fingerprint density at radius 1 is 1.11 bits per heavy atom.